The van der Waals surface area contributed by atoms with Gasteiger partial charge in [0.2, 0.25) is 5.91 Å². The van der Waals surface area contributed by atoms with Crippen molar-refractivity contribution < 1.29 is 4.79 Å². The third-order valence-corrected chi connectivity index (χ3v) is 2.33. The van der Waals surface area contributed by atoms with Crippen molar-refractivity contribution in [3.05, 3.63) is 0 Å². The zero-order valence-corrected chi connectivity index (χ0v) is 7.26. The van der Waals surface area contributed by atoms with Crippen LogP contribution in [0.25, 0.3) is 0 Å². The van der Waals surface area contributed by atoms with Gasteiger partial charge in [-0.05, 0) is 0 Å². The number of carbonyl (C=O) groups is 1. The summed E-state index contributed by atoms with van der Waals surface area (Å²) in [6.45, 7) is 3.61. The van der Waals surface area contributed by atoms with Crippen LogP contribution in [0.1, 0.15) is 13.8 Å². The molecule has 2 nitrogen and oxygen atoms in total. The molecule has 54 valence electrons. The molecule has 0 saturated heterocycles. The molecule has 0 aromatic heterocycles. The summed E-state index contributed by atoms with van der Waals surface area (Å²) in [6.07, 6.45) is 0. The Hall–Kier alpha value is 0.170. The third kappa shape index (κ3) is 3.01. The summed E-state index contributed by atoms with van der Waals surface area (Å²) in [6, 6.07) is 0. The second kappa shape index (κ2) is 3.37. The first-order chi connectivity index (χ1) is 4.00. The minimum Gasteiger partial charge on any atom is -0.369 e. The largest absolute Gasteiger partial charge is 0.369 e. The minimum absolute atomic E-state index is 0.274. The van der Waals surface area contributed by atoms with Gasteiger partial charge >= 0.3 is 0 Å². The number of amides is 1. The molecule has 2 N–H and O–H groups in total. The van der Waals surface area contributed by atoms with Gasteiger partial charge in [0.1, 0.15) is 0 Å². The summed E-state index contributed by atoms with van der Waals surface area (Å²) in [5.41, 5.74) is 4.65. The molecule has 0 saturated carbocycles. The highest BCUT2D eigenvalue weighted by molar-refractivity contribution is 8.68. The molecule has 0 fully saturated rings. The zero-order chi connectivity index (χ0) is 7.49. The van der Waals surface area contributed by atoms with E-state index in [0.29, 0.717) is 5.75 Å². The van der Waals surface area contributed by atoms with E-state index in [1.807, 2.05) is 0 Å². The molecule has 0 spiro atoms. The first kappa shape index (κ1) is 9.17. The Labute approximate surface area is 64.4 Å². The van der Waals surface area contributed by atoms with Crippen LogP contribution >= 0.6 is 22.5 Å². The first-order valence-corrected chi connectivity index (χ1v) is 4.61. The van der Waals surface area contributed by atoms with Gasteiger partial charge in [-0.3, -0.25) is 4.79 Å². The molecule has 0 unspecified atom stereocenters. The summed E-state index contributed by atoms with van der Waals surface area (Å²) in [7, 11) is 1.33. The Bertz CT molecular complexity index is 114. The molecule has 0 aromatic rings. The number of thiol groups is 1. The van der Waals surface area contributed by atoms with E-state index < -0.39 is 5.41 Å². The van der Waals surface area contributed by atoms with E-state index in [-0.39, 0.29) is 5.91 Å². The maximum Gasteiger partial charge on any atom is 0.223 e. The highest BCUT2D eigenvalue weighted by Gasteiger charge is 2.23. The molecule has 0 aliphatic carbocycles. The van der Waals surface area contributed by atoms with Crippen molar-refractivity contribution in [1.29, 1.82) is 0 Å². The predicted molar refractivity (Wildman–Crippen MR) is 44.4 cm³/mol. The summed E-state index contributed by atoms with van der Waals surface area (Å²) in [5, 5.41) is 0. The third-order valence-electron chi connectivity index (χ3n) is 1.09. The van der Waals surface area contributed by atoms with Crippen LogP contribution in [0.5, 0.6) is 0 Å². The average Bonchev–Trinajstić information content (AvgIpc) is 1.65. The fourth-order valence-corrected chi connectivity index (χ4v) is 1.67. The second-order valence-corrected chi connectivity index (χ2v) is 3.84. The standard InChI is InChI=1S/C5H11NOS2/c1-5(2,3-9-8)4(6)7/h8H,3H2,1-2H3,(H2,6,7). The van der Waals surface area contributed by atoms with Gasteiger partial charge in [-0.2, -0.15) is 0 Å². The molecule has 0 bridgehead atoms. The van der Waals surface area contributed by atoms with Crippen LogP contribution in [0.4, 0.5) is 0 Å². The van der Waals surface area contributed by atoms with Crippen LogP contribution in [0, 0.1) is 5.41 Å². The SMILES string of the molecule is CC(C)(CSS)C(N)=O. The van der Waals surface area contributed by atoms with Crippen molar-refractivity contribution >= 4 is 28.4 Å². The van der Waals surface area contributed by atoms with Crippen LogP contribution in [-0.4, -0.2) is 11.7 Å². The van der Waals surface area contributed by atoms with Crippen LogP contribution in [0.2, 0.25) is 0 Å². The van der Waals surface area contributed by atoms with Gasteiger partial charge in [-0.1, -0.05) is 24.6 Å². The van der Waals surface area contributed by atoms with Crippen molar-refractivity contribution in [2.45, 2.75) is 13.8 Å². The van der Waals surface area contributed by atoms with E-state index in [0.717, 1.165) is 0 Å². The van der Waals surface area contributed by atoms with Gasteiger partial charge in [0.25, 0.3) is 0 Å². The lowest BCUT2D eigenvalue weighted by Crippen LogP contribution is -2.33. The maximum absolute atomic E-state index is 10.6. The molecule has 0 aliphatic heterocycles. The van der Waals surface area contributed by atoms with Gasteiger partial charge in [-0.25, -0.2) is 0 Å². The van der Waals surface area contributed by atoms with E-state index >= 15 is 0 Å². The Kier molecular flexibility index (Phi) is 3.43. The lowest BCUT2D eigenvalue weighted by atomic mass is 9.96. The number of hydrogen-bond acceptors (Lipinski definition) is 3. The van der Waals surface area contributed by atoms with Crippen LogP contribution in [-0.2, 0) is 4.79 Å². The van der Waals surface area contributed by atoms with Gasteiger partial charge in [-0.15, -0.1) is 11.7 Å². The minimum atomic E-state index is -0.424. The lowest BCUT2D eigenvalue weighted by molar-refractivity contribution is -0.124. The number of rotatable bonds is 3. The molecule has 9 heavy (non-hydrogen) atoms. The average molecular weight is 165 g/mol. The van der Waals surface area contributed by atoms with Crippen molar-refractivity contribution in [1.82, 2.24) is 0 Å². The van der Waals surface area contributed by atoms with Crippen LogP contribution in [0.3, 0.4) is 0 Å². The Morgan fingerprint density at radius 3 is 2.33 bits per heavy atom. The van der Waals surface area contributed by atoms with E-state index in [9.17, 15) is 4.79 Å². The van der Waals surface area contributed by atoms with E-state index in [4.69, 9.17) is 5.73 Å². The topological polar surface area (TPSA) is 43.1 Å². The molecule has 0 aromatic carbocycles. The second-order valence-electron chi connectivity index (χ2n) is 2.52. The number of carbonyl (C=O) groups excluding carboxylic acids is 1. The van der Waals surface area contributed by atoms with Gasteiger partial charge in [0, 0.05) is 5.75 Å². The molecule has 0 atom stereocenters. The van der Waals surface area contributed by atoms with Gasteiger partial charge in [0.05, 0.1) is 5.41 Å². The van der Waals surface area contributed by atoms with E-state index in [1.165, 1.54) is 10.8 Å². The monoisotopic (exact) mass is 165 g/mol. The highest BCUT2D eigenvalue weighted by atomic mass is 33.1. The Morgan fingerprint density at radius 2 is 2.22 bits per heavy atom. The van der Waals surface area contributed by atoms with Gasteiger partial charge in [0.15, 0.2) is 0 Å². The molecular weight excluding hydrogens is 154 g/mol. The van der Waals surface area contributed by atoms with E-state index in [1.54, 1.807) is 13.8 Å². The summed E-state index contributed by atoms with van der Waals surface area (Å²) >= 11 is 3.92. The smallest absolute Gasteiger partial charge is 0.223 e. The number of nitrogens with two attached hydrogens (primary N) is 1. The molecule has 0 radical (unpaired) electrons. The maximum atomic E-state index is 10.6. The van der Waals surface area contributed by atoms with Crippen molar-refractivity contribution in [3.63, 3.8) is 0 Å². The van der Waals surface area contributed by atoms with E-state index in [2.05, 4.69) is 11.7 Å². The molecule has 0 aliphatic rings. The number of primary amides is 1. The molecule has 1 amide bonds. The molecule has 4 heteroatoms. The zero-order valence-electron chi connectivity index (χ0n) is 5.55. The van der Waals surface area contributed by atoms with Crippen molar-refractivity contribution in [3.8, 4) is 0 Å². The quantitative estimate of drug-likeness (QED) is 0.485. The summed E-state index contributed by atoms with van der Waals surface area (Å²) in [4.78, 5) is 10.6. The summed E-state index contributed by atoms with van der Waals surface area (Å²) < 4.78 is 0. The molecular formula is C5H11NOS2. The normalized spacial score (nSPS) is 11.4. The van der Waals surface area contributed by atoms with Crippen LogP contribution in [0.15, 0.2) is 0 Å². The highest BCUT2D eigenvalue weighted by Crippen LogP contribution is 2.22. The first-order valence-electron chi connectivity index (χ1n) is 2.57. The Balaban J connectivity index is 3.85. The lowest BCUT2D eigenvalue weighted by Gasteiger charge is -2.17. The van der Waals surface area contributed by atoms with Crippen molar-refractivity contribution in [2.75, 3.05) is 5.75 Å². The van der Waals surface area contributed by atoms with Crippen LogP contribution < -0.4 is 5.73 Å². The van der Waals surface area contributed by atoms with Crippen molar-refractivity contribution in [2.24, 2.45) is 11.1 Å². The van der Waals surface area contributed by atoms with Gasteiger partial charge < -0.3 is 5.73 Å². The Morgan fingerprint density at radius 1 is 1.78 bits per heavy atom. The fourth-order valence-electron chi connectivity index (χ4n) is 0.233. The number of hydrogen-bond donors (Lipinski definition) is 2. The summed E-state index contributed by atoms with van der Waals surface area (Å²) in [5.74, 6) is 0.384. The fraction of sp³-hybridized carbons (Fsp3) is 0.800. The predicted octanol–water partition coefficient (Wildman–Crippen LogP) is 1.08. The molecule has 0 heterocycles. The molecule has 0 rings (SSSR count).